The van der Waals surface area contributed by atoms with Gasteiger partial charge in [-0.3, -0.25) is 0 Å². The van der Waals surface area contributed by atoms with Gasteiger partial charge in [0.05, 0.1) is 11.2 Å². The SMILES string of the molecule is c1ccc(-c2ccc(-c3nc(-c4ccc(-c5ccccc5)cc4)nc(-c4ccc5ccc6nc(-c7ccccc7)cc(-c7ccccc7)c6c5c4)n3)cc2)cc1. The van der Waals surface area contributed by atoms with Gasteiger partial charge in [-0.25, -0.2) is 19.9 Å². The molecule has 2 aromatic heterocycles. The van der Waals surface area contributed by atoms with Crippen LogP contribution in [0.5, 0.6) is 0 Å². The fourth-order valence-electron chi connectivity index (χ4n) is 7.44. The monoisotopic (exact) mass is 714 g/mol. The van der Waals surface area contributed by atoms with Crippen LogP contribution in [0.25, 0.3) is 100 Å². The fourth-order valence-corrected chi connectivity index (χ4v) is 7.44. The van der Waals surface area contributed by atoms with Gasteiger partial charge in [0, 0.05) is 27.6 Å². The highest BCUT2D eigenvalue weighted by Gasteiger charge is 2.17. The van der Waals surface area contributed by atoms with Gasteiger partial charge in [-0.15, -0.1) is 0 Å². The van der Waals surface area contributed by atoms with E-state index in [-0.39, 0.29) is 0 Å². The zero-order chi connectivity index (χ0) is 37.3. The zero-order valence-electron chi connectivity index (χ0n) is 30.4. The Morgan fingerprint density at radius 1 is 0.268 bits per heavy atom. The second kappa shape index (κ2) is 14.3. The minimum absolute atomic E-state index is 0.610. The van der Waals surface area contributed by atoms with Crippen LogP contribution < -0.4 is 0 Å². The highest BCUT2D eigenvalue weighted by Crippen LogP contribution is 2.38. The van der Waals surface area contributed by atoms with Gasteiger partial charge in [0.15, 0.2) is 17.5 Å². The van der Waals surface area contributed by atoms with Crippen molar-refractivity contribution in [1.82, 2.24) is 19.9 Å². The van der Waals surface area contributed by atoms with Crippen LogP contribution in [0.2, 0.25) is 0 Å². The predicted octanol–water partition coefficient (Wildman–Crippen LogP) is 13.2. The van der Waals surface area contributed by atoms with Gasteiger partial charge in [0.25, 0.3) is 0 Å². The molecular formula is C52H34N4. The molecule has 8 aromatic carbocycles. The van der Waals surface area contributed by atoms with Gasteiger partial charge in [-0.1, -0.05) is 188 Å². The van der Waals surface area contributed by atoms with E-state index in [2.05, 4.69) is 188 Å². The molecule has 2 heterocycles. The molecule has 0 atom stereocenters. The lowest BCUT2D eigenvalue weighted by Crippen LogP contribution is -2.00. The first kappa shape index (κ1) is 33.0. The fraction of sp³-hybridized carbons (Fsp3) is 0. The first-order valence-electron chi connectivity index (χ1n) is 18.8. The van der Waals surface area contributed by atoms with Crippen molar-refractivity contribution in [2.75, 3.05) is 0 Å². The lowest BCUT2D eigenvalue weighted by molar-refractivity contribution is 1.07. The summed E-state index contributed by atoms with van der Waals surface area (Å²) in [6.45, 7) is 0. The van der Waals surface area contributed by atoms with E-state index in [4.69, 9.17) is 19.9 Å². The van der Waals surface area contributed by atoms with Crippen LogP contribution in [0.3, 0.4) is 0 Å². The number of hydrogen-bond donors (Lipinski definition) is 0. The highest BCUT2D eigenvalue weighted by atomic mass is 15.0. The van der Waals surface area contributed by atoms with E-state index in [1.165, 1.54) is 11.1 Å². The summed E-state index contributed by atoms with van der Waals surface area (Å²) in [4.78, 5) is 20.6. The molecule has 0 unspecified atom stereocenters. The largest absolute Gasteiger partial charge is 0.248 e. The summed E-state index contributed by atoms with van der Waals surface area (Å²) in [5.74, 6) is 1.85. The lowest BCUT2D eigenvalue weighted by Gasteiger charge is -2.14. The van der Waals surface area contributed by atoms with Crippen LogP contribution >= 0.6 is 0 Å². The Labute approximate surface area is 325 Å². The van der Waals surface area contributed by atoms with Gasteiger partial charge in [0.2, 0.25) is 0 Å². The van der Waals surface area contributed by atoms with Crippen molar-refractivity contribution in [3.05, 3.63) is 206 Å². The lowest BCUT2D eigenvalue weighted by atomic mass is 9.93. The number of nitrogens with zero attached hydrogens (tertiary/aromatic N) is 4. The third-order valence-electron chi connectivity index (χ3n) is 10.3. The molecule has 4 heteroatoms. The van der Waals surface area contributed by atoms with Gasteiger partial charge in [-0.2, -0.15) is 0 Å². The molecule has 0 aliphatic heterocycles. The molecule has 0 aliphatic rings. The molecule has 10 rings (SSSR count). The third-order valence-corrected chi connectivity index (χ3v) is 10.3. The van der Waals surface area contributed by atoms with Crippen molar-refractivity contribution >= 4 is 21.7 Å². The highest BCUT2D eigenvalue weighted by molar-refractivity contribution is 6.14. The van der Waals surface area contributed by atoms with Crippen molar-refractivity contribution in [2.24, 2.45) is 0 Å². The van der Waals surface area contributed by atoms with E-state index in [9.17, 15) is 0 Å². The topological polar surface area (TPSA) is 51.6 Å². The van der Waals surface area contributed by atoms with Crippen LogP contribution in [0, 0.1) is 0 Å². The first-order chi connectivity index (χ1) is 27.7. The maximum absolute atomic E-state index is 5.21. The summed E-state index contributed by atoms with van der Waals surface area (Å²) in [6.07, 6.45) is 0. The normalized spacial score (nSPS) is 11.2. The predicted molar refractivity (Wildman–Crippen MR) is 231 cm³/mol. The van der Waals surface area contributed by atoms with E-state index in [0.717, 1.165) is 71.9 Å². The van der Waals surface area contributed by atoms with Crippen molar-refractivity contribution < 1.29 is 0 Å². The molecule has 0 radical (unpaired) electrons. The maximum Gasteiger partial charge on any atom is 0.164 e. The molecule has 4 nitrogen and oxygen atoms in total. The van der Waals surface area contributed by atoms with Gasteiger partial charge >= 0.3 is 0 Å². The van der Waals surface area contributed by atoms with E-state index in [0.29, 0.717) is 17.5 Å². The second-order valence-electron chi connectivity index (χ2n) is 13.9. The zero-order valence-corrected chi connectivity index (χ0v) is 30.4. The Balaban J connectivity index is 1.14. The standard InChI is InChI=1S/C52H34N4/c1-5-13-35(14-6-1)37-21-26-42(27-22-37)50-54-51(43-28-23-38(24-29-43)36-15-7-2-8-16-36)56-52(55-50)44-30-25-40-31-32-47-49(45(40)33-44)46(39-17-9-3-10-18-39)34-48(53-47)41-19-11-4-12-20-41/h1-34H. The van der Waals surface area contributed by atoms with E-state index in [1.807, 2.05) is 18.2 Å². The average molecular weight is 715 g/mol. The number of rotatable bonds is 7. The van der Waals surface area contributed by atoms with Gasteiger partial charge in [-0.05, 0) is 62.4 Å². The first-order valence-corrected chi connectivity index (χ1v) is 18.8. The molecule has 0 saturated heterocycles. The Kier molecular flexibility index (Phi) is 8.47. The van der Waals surface area contributed by atoms with Crippen LogP contribution in [-0.2, 0) is 0 Å². The molecule has 0 amide bonds. The smallest absolute Gasteiger partial charge is 0.164 e. The summed E-state index contributed by atoms with van der Waals surface area (Å²) in [6, 6.07) is 71.7. The number of pyridine rings is 1. The summed E-state index contributed by atoms with van der Waals surface area (Å²) in [5, 5.41) is 3.31. The molecular weight excluding hydrogens is 681 g/mol. The van der Waals surface area contributed by atoms with Crippen molar-refractivity contribution in [2.45, 2.75) is 0 Å². The number of benzene rings is 8. The Morgan fingerprint density at radius 3 is 1.18 bits per heavy atom. The average Bonchev–Trinajstić information content (AvgIpc) is 3.29. The van der Waals surface area contributed by atoms with Crippen LogP contribution in [0.1, 0.15) is 0 Å². The molecule has 0 N–H and O–H groups in total. The molecule has 0 fully saturated rings. The minimum atomic E-state index is 0.610. The summed E-state index contributed by atoms with van der Waals surface area (Å²) in [5.41, 5.74) is 12.6. The summed E-state index contributed by atoms with van der Waals surface area (Å²) in [7, 11) is 0. The van der Waals surface area contributed by atoms with E-state index in [1.54, 1.807) is 0 Å². The molecule has 0 spiro atoms. The maximum atomic E-state index is 5.21. The Bertz CT molecular complexity index is 2860. The Morgan fingerprint density at radius 2 is 0.661 bits per heavy atom. The number of hydrogen-bond acceptors (Lipinski definition) is 4. The van der Waals surface area contributed by atoms with Crippen LogP contribution in [0.4, 0.5) is 0 Å². The molecule has 0 aliphatic carbocycles. The second-order valence-corrected chi connectivity index (χ2v) is 13.9. The number of fused-ring (bicyclic) bond motifs is 3. The van der Waals surface area contributed by atoms with E-state index >= 15 is 0 Å². The quantitative estimate of drug-likeness (QED) is 0.154. The molecule has 10 aromatic rings. The molecule has 0 saturated carbocycles. The summed E-state index contributed by atoms with van der Waals surface area (Å²) < 4.78 is 0. The van der Waals surface area contributed by atoms with Gasteiger partial charge in [0.1, 0.15) is 0 Å². The Hall–Kier alpha value is -7.56. The third kappa shape index (κ3) is 6.40. The number of aromatic nitrogens is 4. The van der Waals surface area contributed by atoms with Crippen LogP contribution in [-0.4, -0.2) is 19.9 Å². The van der Waals surface area contributed by atoms with Crippen molar-refractivity contribution in [3.8, 4) is 78.8 Å². The molecule has 0 bridgehead atoms. The van der Waals surface area contributed by atoms with E-state index < -0.39 is 0 Å². The van der Waals surface area contributed by atoms with Crippen molar-refractivity contribution in [1.29, 1.82) is 0 Å². The van der Waals surface area contributed by atoms with Crippen molar-refractivity contribution in [3.63, 3.8) is 0 Å². The van der Waals surface area contributed by atoms with Crippen LogP contribution in [0.15, 0.2) is 206 Å². The molecule has 56 heavy (non-hydrogen) atoms. The summed E-state index contributed by atoms with van der Waals surface area (Å²) >= 11 is 0. The molecule has 262 valence electrons. The minimum Gasteiger partial charge on any atom is -0.248 e. The van der Waals surface area contributed by atoms with Gasteiger partial charge < -0.3 is 0 Å².